The molecule has 0 aromatic rings. The first-order valence-corrected chi connectivity index (χ1v) is 3.93. The molecule has 0 bridgehead atoms. The summed E-state index contributed by atoms with van der Waals surface area (Å²) in [5.41, 5.74) is 0. The molecular weight excluding hydrogens is 196 g/mol. The average molecular weight is 205 g/mol. The summed E-state index contributed by atoms with van der Waals surface area (Å²) in [6, 6.07) is 0. The Kier molecular flexibility index (Phi) is 6.18. The number of carbonyl (C=O) groups excluding carboxylic acids is 1. The summed E-state index contributed by atoms with van der Waals surface area (Å²) >= 11 is 3.19. The van der Waals surface area contributed by atoms with E-state index in [4.69, 9.17) is 0 Å². The lowest BCUT2D eigenvalue weighted by Gasteiger charge is -1.93. The Labute approximate surface area is 68.7 Å². The topological polar surface area (TPSA) is 26.3 Å². The molecule has 0 saturated heterocycles. The van der Waals surface area contributed by atoms with Crippen LogP contribution in [0.3, 0.4) is 0 Å². The third-order valence-corrected chi connectivity index (χ3v) is 1.12. The minimum absolute atomic E-state index is 0.316. The van der Waals surface area contributed by atoms with Crippen LogP contribution in [0.5, 0.6) is 0 Å². The number of halogens is 1. The second-order valence-corrected chi connectivity index (χ2v) is 2.11. The minimum Gasteiger partial charge on any atom is -0.458 e. The van der Waals surface area contributed by atoms with E-state index in [-0.39, 0.29) is 5.97 Å². The SMILES string of the molecule is C=CC(=O)OC/C=C/CBr. The highest BCUT2D eigenvalue weighted by atomic mass is 79.9. The lowest BCUT2D eigenvalue weighted by atomic mass is 10.5. The molecule has 56 valence electrons. The quantitative estimate of drug-likeness (QED) is 0.302. The first-order valence-electron chi connectivity index (χ1n) is 2.81. The van der Waals surface area contributed by atoms with Crippen molar-refractivity contribution in [1.29, 1.82) is 0 Å². The Hall–Kier alpha value is -0.570. The van der Waals surface area contributed by atoms with Crippen molar-refractivity contribution in [2.75, 3.05) is 11.9 Å². The van der Waals surface area contributed by atoms with Gasteiger partial charge in [-0.3, -0.25) is 0 Å². The third kappa shape index (κ3) is 5.56. The number of carbonyl (C=O) groups is 1. The van der Waals surface area contributed by atoms with Crippen molar-refractivity contribution in [3.05, 3.63) is 24.8 Å². The van der Waals surface area contributed by atoms with Crippen LogP contribution in [0.2, 0.25) is 0 Å². The first kappa shape index (κ1) is 9.43. The number of allylic oxidation sites excluding steroid dienone is 1. The Bertz CT molecular complexity index is 141. The molecule has 0 rings (SSSR count). The van der Waals surface area contributed by atoms with Gasteiger partial charge in [0.15, 0.2) is 0 Å². The fourth-order valence-electron chi connectivity index (χ4n) is 0.320. The predicted octanol–water partition coefficient (Wildman–Crippen LogP) is 1.67. The van der Waals surface area contributed by atoms with Gasteiger partial charge in [0.1, 0.15) is 6.61 Å². The molecule has 0 aliphatic rings. The predicted molar refractivity (Wildman–Crippen MR) is 44.1 cm³/mol. The zero-order chi connectivity index (χ0) is 7.82. The summed E-state index contributed by atoms with van der Waals surface area (Å²) in [6.45, 7) is 3.57. The molecule has 0 heterocycles. The van der Waals surface area contributed by atoms with Gasteiger partial charge in [-0.25, -0.2) is 4.79 Å². The smallest absolute Gasteiger partial charge is 0.330 e. The molecule has 0 spiro atoms. The van der Waals surface area contributed by atoms with Crippen molar-refractivity contribution in [2.45, 2.75) is 0 Å². The second kappa shape index (κ2) is 6.55. The molecule has 0 amide bonds. The van der Waals surface area contributed by atoms with Crippen molar-refractivity contribution < 1.29 is 9.53 Å². The lowest BCUT2D eigenvalue weighted by molar-refractivity contribution is -0.136. The van der Waals surface area contributed by atoms with Crippen molar-refractivity contribution in [2.24, 2.45) is 0 Å². The van der Waals surface area contributed by atoms with Crippen LogP contribution in [0.1, 0.15) is 0 Å². The standard InChI is InChI=1S/C7H9BrO2/c1-2-7(9)10-6-4-3-5-8/h2-4H,1,5-6H2/b4-3+. The molecule has 0 N–H and O–H groups in total. The molecule has 0 aliphatic heterocycles. The molecule has 0 fully saturated rings. The maximum absolute atomic E-state index is 10.4. The fraction of sp³-hybridized carbons (Fsp3) is 0.286. The van der Waals surface area contributed by atoms with Gasteiger partial charge in [-0.2, -0.15) is 0 Å². The van der Waals surface area contributed by atoms with Crippen molar-refractivity contribution in [3.8, 4) is 0 Å². The Morgan fingerprint density at radius 1 is 1.60 bits per heavy atom. The van der Waals surface area contributed by atoms with Gasteiger partial charge in [-0.05, 0) is 0 Å². The van der Waals surface area contributed by atoms with Crippen molar-refractivity contribution in [1.82, 2.24) is 0 Å². The van der Waals surface area contributed by atoms with Gasteiger partial charge in [0.25, 0.3) is 0 Å². The maximum Gasteiger partial charge on any atom is 0.330 e. The minimum atomic E-state index is -0.390. The summed E-state index contributed by atoms with van der Waals surface area (Å²) in [5, 5.41) is 0.776. The van der Waals surface area contributed by atoms with Crippen molar-refractivity contribution in [3.63, 3.8) is 0 Å². The summed E-state index contributed by atoms with van der Waals surface area (Å²) < 4.78 is 4.63. The molecule has 0 aromatic heterocycles. The number of rotatable bonds is 4. The van der Waals surface area contributed by atoms with Gasteiger partial charge >= 0.3 is 5.97 Å². The van der Waals surface area contributed by atoms with E-state index in [9.17, 15) is 4.79 Å². The fourth-order valence-corrected chi connectivity index (χ4v) is 0.585. The highest BCUT2D eigenvalue weighted by Crippen LogP contribution is 1.84. The van der Waals surface area contributed by atoms with Crippen LogP contribution in [0.4, 0.5) is 0 Å². The molecule has 0 saturated carbocycles. The van der Waals surface area contributed by atoms with Gasteiger partial charge in [0.2, 0.25) is 0 Å². The van der Waals surface area contributed by atoms with Gasteiger partial charge in [-0.1, -0.05) is 34.7 Å². The Morgan fingerprint density at radius 3 is 2.80 bits per heavy atom. The summed E-state index contributed by atoms with van der Waals surface area (Å²) in [6.07, 6.45) is 4.76. The highest BCUT2D eigenvalue weighted by molar-refractivity contribution is 9.09. The molecule has 3 heteroatoms. The van der Waals surface area contributed by atoms with E-state index in [0.717, 1.165) is 11.4 Å². The largest absolute Gasteiger partial charge is 0.458 e. The number of hydrogen-bond acceptors (Lipinski definition) is 2. The number of alkyl halides is 1. The summed E-state index contributed by atoms with van der Waals surface area (Å²) in [4.78, 5) is 10.4. The van der Waals surface area contributed by atoms with E-state index in [1.165, 1.54) is 0 Å². The lowest BCUT2D eigenvalue weighted by Crippen LogP contribution is -1.98. The van der Waals surface area contributed by atoms with E-state index in [1.54, 1.807) is 6.08 Å². The van der Waals surface area contributed by atoms with Crippen LogP contribution >= 0.6 is 15.9 Å². The molecule has 10 heavy (non-hydrogen) atoms. The van der Waals surface area contributed by atoms with Crippen LogP contribution in [-0.4, -0.2) is 17.9 Å². The second-order valence-electron chi connectivity index (χ2n) is 1.46. The monoisotopic (exact) mass is 204 g/mol. The van der Waals surface area contributed by atoms with Crippen LogP contribution in [-0.2, 0) is 9.53 Å². The van der Waals surface area contributed by atoms with Crippen LogP contribution in [0, 0.1) is 0 Å². The molecule has 0 radical (unpaired) electrons. The van der Waals surface area contributed by atoms with Gasteiger partial charge in [-0.15, -0.1) is 0 Å². The van der Waals surface area contributed by atoms with Gasteiger partial charge in [0, 0.05) is 11.4 Å². The van der Waals surface area contributed by atoms with Gasteiger partial charge in [0.05, 0.1) is 0 Å². The normalized spacial score (nSPS) is 9.70. The summed E-state index contributed by atoms with van der Waals surface area (Å²) in [7, 11) is 0. The zero-order valence-electron chi connectivity index (χ0n) is 5.55. The van der Waals surface area contributed by atoms with E-state index in [2.05, 4.69) is 27.2 Å². The Balaban J connectivity index is 3.27. The van der Waals surface area contributed by atoms with E-state index < -0.39 is 0 Å². The number of esters is 1. The number of ether oxygens (including phenoxy) is 1. The molecular formula is C7H9BrO2. The van der Waals surface area contributed by atoms with Crippen LogP contribution in [0.15, 0.2) is 24.8 Å². The zero-order valence-corrected chi connectivity index (χ0v) is 7.13. The van der Waals surface area contributed by atoms with Crippen LogP contribution < -0.4 is 0 Å². The number of hydrogen-bond donors (Lipinski definition) is 0. The molecule has 2 nitrogen and oxygen atoms in total. The van der Waals surface area contributed by atoms with E-state index in [0.29, 0.717) is 6.61 Å². The molecule has 0 aromatic carbocycles. The maximum atomic E-state index is 10.4. The Morgan fingerprint density at radius 2 is 2.30 bits per heavy atom. The third-order valence-electron chi connectivity index (χ3n) is 0.744. The van der Waals surface area contributed by atoms with Crippen LogP contribution in [0.25, 0.3) is 0 Å². The van der Waals surface area contributed by atoms with E-state index in [1.807, 2.05) is 6.08 Å². The molecule has 0 unspecified atom stereocenters. The van der Waals surface area contributed by atoms with Crippen molar-refractivity contribution >= 4 is 21.9 Å². The molecule has 0 aliphatic carbocycles. The van der Waals surface area contributed by atoms with E-state index >= 15 is 0 Å². The van der Waals surface area contributed by atoms with Gasteiger partial charge < -0.3 is 4.74 Å². The average Bonchev–Trinajstić information content (AvgIpc) is 1.98. The summed E-state index contributed by atoms with van der Waals surface area (Å²) in [5.74, 6) is -0.390. The molecule has 0 atom stereocenters. The highest BCUT2D eigenvalue weighted by Gasteiger charge is 1.88. The first-order chi connectivity index (χ1) is 4.81.